The van der Waals surface area contributed by atoms with E-state index in [2.05, 4.69) is 103 Å². The van der Waals surface area contributed by atoms with Crippen LogP contribution in [0, 0.1) is 0 Å². The van der Waals surface area contributed by atoms with Crippen molar-refractivity contribution in [3.8, 4) is 17.2 Å². The molecule has 13 heteroatoms. The summed E-state index contributed by atoms with van der Waals surface area (Å²) in [5.74, 6) is 2.51. The van der Waals surface area contributed by atoms with E-state index in [4.69, 9.17) is 36.7 Å². The van der Waals surface area contributed by atoms with E-state index >= 15 is 0 Å². The van der Waals surface area contributed by atoms with Crippen molar-refractivity contribution in [2.75, 3.05) is 39.6 Å². The van der Waals surface area contributed by atoms with Crippen LogP contribution in [0.15, 0.2) is 142 Å². The second-order valence-corrected chi connectivity index (χ2v) is 15.3. The molecule has 0 unspecified atom stereocenters. The van der Waals surface area contributed by atoms with Crippen molar-refractivity contribution in [1.82, 2.24) is 0 Å². The van der Waals surface area contributed by atoms with Crippen LogP contribution in [-0.2, 0) is 37.1 Å². The lowest BCUT2D eigenvalue weighted by molar-refractivity contribution is -0.0510. The van der Waals surface area contributed by atoms with Gasteiger partial charge in [0.15, 0.2) is 14.7 Å². The molecule has 0 amide bonds. The summed E-state index contributed by atoms with van der Waals surface area (Å²) in [6.45, 7) is 8.05. The monoisotopic (exact) mass is 795 g/mol. The van der Waals surface area contributed by atoms with Crippen LogP contribution in [0.25, 0.3) is 21.5 Å². The molecule has 6 aromatic carbocycles. The molecular formula is C42H42F3O8S2+. The number of fused-ring (bicyclic) bond motifs is 3. The molecule has 0 aliphatic rings. The molecule has 0 aliphatic heterocycles. The van der Waals surface area contributed by atoms with Gasteiger partial charge in [-0.15, -0.1) is 0 Å². The molecule has 0 heterocycles. The van der Waals surface area contributed by atoms with Gasteiger partial charge in [-0.3, -0.25) is 4.55 Å². The Bertz CT molecular complexity index is 2160. The lowest BCUT2D eigenvalue weighted by Crippen LogP contribution is -2.21. The van der Waals surface area contributed by atoms with Crippen molar-refractivity contribution < 1.29 is 49.8 Å². The van der Waals surface area contributed by atoms with Gasteiger partial charge in [0.2, 0.25) is 0 Å². The van der Waals surface area contributed by atoms with Crippen LogP contribution in [0.4, 0.5) is 13.2 Å². The Morgan fingerprint density at radius 1 is 0.564 bits per heavy atom. The number of ether oxygens (including phenoxy) is 5. The van der Waals surface area contributed by atoms with Gasteiger partial charge in [0.25, 0.3) is 0 Å². The highest BCUT2D eigenvalue weighted by Gasteiger charge is 2.44. The zero-order valence-corrected chi connectivity index (χ0v) is 32.0. The van der Waals surface area contributed by atoms with E-state index in [0.29, 0.717) is 46.2 Å². The molecule has 0 saturated heterocycles. The van der Waals surface area contributed by atoms with Gasteiger partial charge in [-0.2, -0.15) is 21.6 Å². The van der Waals surface area contributed by atoms with Gasteiger partial charge in [-0.25, -0.2) is 0 Å². The fraction of sp³-hybridized carbons (Fsp3) is 0.238. The van der Waals surface area contributed by atoms with Crippen LogP contribution >= 0.6 is 0 Å². The van der Waals surface area contributed by atoms with Crippen LogP contribution in [0.2, 0.25) is 0 Å². The van der Waals surface area contributed by atoms with E-state index in [1.807, 2.05) is 38.1 Å². The molecule has 0 atom stereocenters. The summed E-state index contributed by atoms with van der Waals surface area (Å²) in [5, 5.41) is 4.96. The number of benzene rings is 6. The lowest BCUT2D eigenvalue weighted by Gasteiger charge is -2.13. The maximum Gasteiger partial charge on any atom is 0.522 e. The first-order chi connectivity index (χ1) is 26.5. The molecular weight excluding hydrogens is 754 g/mol. The van der Waals surface area contributed by atoms with Gasteiger partial charge in [0.05, 0.1) is 24.1 Å². The lowest BCUT2D eigenvalue weighted by atomic mass is 9.98. The minimum Gasteiger partial charge on any atom is -0.491 e. The van der Waals surface area contributed by atoms with Crippen molar-refractivity contribution in [2.24, 2.45) is 0 Å². The number of halogens is 3. The predicted octanol–water partition coefficient (Wildman–Crippen LogP) is 9.89. The summed E-state index contributed by atoms with van der Waals surface area (Å²) in [7, 11) is -6.19. The Morgan fingerprint density at radius 2 is 0.964 bits per heavy atom. The van der Waals surface area contributed by atoms with Crippen molar-refractivity contribution in [1.29, 1.82) is 0 Å². The molecule has 290 valence electrons. The van der Waals surface area contributed by atoms with Gasteiger partial charge in [-0.1, -0.05) is 48.5 Å². The normalized spacial score (nSPS) is 11.7. The summed E-state index contributed by atoms with van der Waals surface area (Å²) in [6.07, 6.45) is 0. The van der Waals surface area contributed by atoms with Gasteiger partial charge < -0.3 is 23.7 Å². The number of hydrogen-bond acceptors (Lipinski definition) is 7. The number of rotatable bonds is 16. The largest absolute Gasteiger partial charge is 0.522 e. The average Bonchev–Trinajstić information content (AvgIpc) is 3.18. The molecule has 0 saturated carbocycles. The molecule has 6 rings (SSSR count). The second-order valence-electron chi connectivity index (χ2n) is 11.8. The molecule has 6 aromatic rings. The van der Waals surface area contributed by atoms with Crippen LogP contribution in [0.3, 0.4) is 0 Å². The number of alkyl halides is 3. The number of hydrogen-bond donors (Lipinski definition) is 1. The summed E-state index contributed by atoms with van der Waals surface area (Å²) in [4.78, 5) is 3.59. The third-order valence-corrected chi connectivity index (χ3v) is 10.9. The Kier molecular flexibility index (Phi) is 14.8. The van der Waals surface area contributed by atoms with Gasteiger partial charge >= 0.3 is 15.6 Å². The van der Waals surface area contributed by atoms with E-state index in [9.17, 15) is 13.2 Å². The molecule has 0 fully saturated rings. The van der Waals surface area contributed by atoms with Crippen LogP contribution in [-0.4, -0.2) is 58.1 Å². The van der Waals surface area contributed by atoms with Gasteiger partial charge in [0, 0.05) is 13.2 Å². The zero-order chi connectivity index (χ0) is 39.3. The Balaban J connectivity index is 0.000000654. The quantitative estimate of drug-likeness (QED) is 0.0340. The molecule has 55 heavy (non-hydrogen) atoms. The van der Waals surface area contributed by atoms with E-state index < -0.39 is 15.6 Å². The first-order valence-corrected chi connectivity index (χ1v) is 20.2. The van der Waals surface area contributed by atoms with Crippen LogP contribution < -0.4 is 14.2 Å². The molecule has 0 aliphatic carbocycles. The van der Waals surface area contributed by atoms with E-state index in [0.717, 1.165) is 17.2 Å². The first-order valence-electron chi connectivity index (χ1n) is 17.5. The minimum atomic E-state index is -5.84. The van der Waals surface area contributed by atoms with Crippen LogP contribution in [0.5, 0.6) is 17.2 Å². The smallest absolute Gasteiger partial charge is 0.491 e. The van der Waals surface area contributed by atoms with Crippen molar-refractivity contribution >= 4 is 42.6 Å². The molecule has 0 radical (unpaired) electrons. The topological polar surface area (TPSA) is 101 Å². The molecule has 0 bridgehead atoms. The van der Waals surface area contributed by atoms with Crippen molar-refractivity contribution in [2.45, 2.75) is 40.6 Å². The van der Waals surface area contributed by atoms with Gasteiger partial charge in [0.1, 0.15) is 37.1 Å². The first kappa shape index (κ1) is 41.4. The van der Waals surface area contributed by atoms with Crippen molar-refractivity contribution in [3.05, 3.63) is 133 Å². The summed E-state index contributed by atoms with van der Waals surface area (Å²) >= 11 is 0. The van der Waals surface area contributed by atoms with Crippen molar-refractivity contribution in [3.63, 3.8) is 0 Å². The highest BCUT2D eigenvalue weighted by atomic mass is 32.2. The zero-order valence-electron chi connectivity index (χ0n) is 30.3. The molecule has 0 spiro atoms. The fourth-order valence-electron chi connectivity index (χ4n) is 5.56. The third kappa shape index (κ3) is 11.6. The summed E-state index contributed by atoms with van der Waals surface area (Å²) in [5.41, 5.74) is -4.36. The highest BCUT2D eigenvalue weighted by Crippen LogP contribution is 2.35. The average molecular weight is 796 g/mol. The summed E-state index contributed by atoms with van der Waals surface area (Å²) in [6, 6.07) is 44.6. The Morgan fingerprint density at radius 3 is 1.40 bits per heavy atom. The van der Waals surface area contributed by atoms with E-state index in [-0.39, 0.29) is 10.9 Å². The maximum absolute atomic E-state index is 10.7. The third-order valence-electron chi connectivity index (χ3n) is 8.12. The van der Waals surface area contributed by atoms with E-state index in [1.165, 1.54) is 41.8 Å². The fourth-order valence-corrected chi connectivity index (χ4v) is 7.60. The van der Waals surface area contributed by atoms with Crippen LogP contribution in [0.1, 0.15) is 19.4 Å². The Labute approximate surface area is 321 Å². The highest BCUT2D eigenvalue weighted by molar-refractivity contribution is 7.97. The molecule has 8 nitrogen and oxygen atoms in total. The SMILES string of the molecule is CCOCCOc1ccc([S+](c2ccc(OCCOCC)cc2)c2ccc(OCc3cc4ccccc4c4ccccc34)cc2)cc1.O=S(=O)(O)C(F)(F)F. The molecule has 1 N–H and O–H groups in total. The Hall–Kier alpha value is -4.79. The standard InChI is InChI=1S/C41H41O5S.CHF3O3S/c1-3-42-25-27-44-33-13-19-36(20-14-33)47(37-21-15-34(16-22-37)45-28-26-43-4-2)38-23-17-35(18-24-38)46-30-32-29-31-9-5-6-10-39(31)41-12-8-7-11-40(32)41;2-1(3,4)8(5,6)7/h5-24,29H,3-4,25-28,30H2,1-2H3;(H,5,6,7)/q+1;. The maximum atomic E-state index is 10.7. The molecule has 0 aromatic heterocycles. The van der Waals surface area contributed by atoms with E-state index in [1.54, 1.807) is 0 Å². The summed E-state index contributed by atoms with van der Waals surface area (Å²) < 4.78 is 86.5. The van der Waals surface area contributed by atoms with Gasteiger partial charge in [-0.05, 0) is 120 Å². The minimum absolute atomic E-state index is 0.347. The predicted molar refractivity (Wildman–Crippen MR) is 209 cm³/mol. The second kappa shape index (κ2) is 19.7.